The van der Waals surface area contributed by atoms with Gasteiger partial charge in [0.25, 0.3) is 0 Å². The minimum Gasteiger partial charge on any atom is -0.312 e. The molecular formula is C24H20F2N6O. The number of hydrogen-bond acceptors (Lipinski definition) is 5. The minimum absolute atomic E-state index is 0.122. The van der Waals surface area contributed by atoms with Crippen LogP contribution in [0.5, 0.6) is 0 Å². The Balaban J connectivity index is 1.54. The third-order valence-corrected chi connectivity index (χ3v) is 7.56. The van der Waals surface area contributed by atoms with Crippen molar-refractivity contribution in [2.75, 3.05) is 0 Å². The van der Waals surface area contributed by atoms with Gasteiger partial charge in [-0.2, -0.15) is 5.10 Å². The molecule has 2 aliphatic carbocycles. The highest BCUT2D eigenvalue weighted by atomic mass is 19.1. The van der Waals surface area contributed by atoms with Crippen LogP contribution in [0, 0.1) is 17.0 Å². The summed E-state index contributed by atoms with van der Waals surface area (Å²) >= 11 is 0. The Morgan fingerprint density at radius 3 is 2.67 bits per heavy atom. The normalized spacial score (nSPS) is 22.5. The summed E-state index contributed by atoms with van der Waals surface area (Å²) in [6.07, 6.45) is 8.08. The SMILES string of the molecule is CC1(C)[C@H]2CC[C@]1(c1cncc(-n3cc[nH]c3=O)n1)c1nnc(-c3c(F)cccc3F)cc12. The quantitative estimate of drug-likeness (QED) is 0.516. The molecular weight excluding hydrogens is 426 g/mol. The van der Waals surface area contributed by atoms with Crippen LogP contribution in [0.4, 0.5) is 8.78 Å². The Kier molecular flexibility index (Phi) is 4.00. The van der Waals surface area contributed by atoms with Gasteiger partial charge in [-0.3, -0.25) is 9.55 Å². The van der Waals surface area contributed by atoms with Crippen LogP contribution in [-0.2, 0) is 5.41 Å². The van der Waals surface area contributed by atoms with Gasteiger partial charge in [0.1, 0.15) is 11.6 Å². The predicted molar refractivity (Wildman–Crippen MR) is 116 cm³/mol. The summed E-state index contributed by atoms with van der Waals surface area (Å²) in [5, 5.41) is 8.77. The highest BCUT2D eigenvalue weighted by Gasteiger charge is 2.65. The molecule has 1 fully saturated rings. The van der Waals surface area contributed by atoms with Crippen LogP contribution >= 0.6 is 0 Å². The number of hydrogen-bond donors (Lipinski definition) is 1. The summed E-state index contributed by atoms with van der Waals surface area (Å²) in [5.41, 5.74) is 1.26. The Bertz CT molecular complexity index is 1460. The Morgan fingerprint density at radius 1 is 1.15 bits per heavy atom. The number of imidazole rings is 1. The van der Waals surface area contributed by atoms with Gasteiger partial charge in [-0.05, 0) is 47.9 Å². The first-order chi connectivity index (χ1) is 15.8. The van der Waals surface area contributed by atoms with E-state index in [0.29, 0.717) is 11.5 Å². The second-order valence-corrected chi connectivity index (χ2v) is 9.25. The average molecular weight is 446 g/mol. The van der Waals surface area contributed by atoms with Crippen molar-refractivity contribution in [2.24, 2.45) is 5.41 Å². The second-order valence-electron chi connectivity index (χ2n) is 9.25. The van der Waals surface area contributed by atoms with E-state index < -0.39 is 17.0 Å². The molecule has 7 nitrogen and oxygen atoms in total. The molecule has 2 atom stereocenters. The lowest BCUT2D eigenvalue weighted by atomic mass is 9.66. The molecule has 1 aromatic carbocycles. The number of aromatic amines is 1. The fourth-order valence-electron chi connectivity index (χ4n) is 5.93. The molecule has 1 saturated carbocycles. The first-order valence-corrected chi connectivity index (χ1v) is 10.8. The Hall–Kier alpha value is -3.75. The van der Waals surface area contributed by atoms with Crippen LogP contribution in [0.2, 0.25) is 0 Å². The van der Waals surface area contributed by atoms with Crippen LogP contribution in [0.25, 0.3) is 17.1 Å². The van der Waals surface area contributed by atoms with E-state index >= 15 is 0 Å². The third-order valence-electron chi connectivity index (χ3n) is 7.56. The lowest BCUT2D eigenvalue weighted by molar-refractivity contribution is 0.242. The predicted octanol–water partition coefficient (Wildman–Crippen LogP) is 3.89. The fourth-order valence-corrected chi connectivity index (χ4v) is 5.93. The zero-order valence-corrected chi connectivity index (χ0v) is 18.0. The molecule has 0 spiro atoms. The maximum absolute atomic E-state index is 14.4. The molecule has 2 bridgehead atoms. The molecule has 0 radical (unpaired) electrons. The molecule has 0 aliphatic heterocycles. The zero-order valence-electron chi connectivity index (χ0n) is 18.0. The van der Waals surface area contributed by atoms with E-state index in [1.807, 2.05) is 0 Å². The number of aromatic nitrogens is 6. The molecule has 2 aliphatic rings. The van der Waals surface area contributed by atoms with Gasteiger partial charge >= 0.3 is 5.69 Å². The largest absolute Gasteiger partial charge is 0.331 e. The van der Waals surface area contributed by atoms with E-state index in [4.69, 9.17) is 4.98 Å². The van der Waals surface area contributed by atoms with Crippen molar-refractivity contribution in [3.63, 3.8) is 0 Å². The maximum Gasteiger partial charge on any atom is 0.331 e. The van der Waals surface area contributed by atoms with Gasteiger partial charge in [0.05, 0.1) is 34.3 Å². The van der Waals surface area contributed by atoms with Crippen LogP contribution < -0.4 is 5.69 Å². The molecule has 3 heterocycles. The molecule has 0 unspecified atom stereocenters. The molecule has 33 heavy (non-hydrogen) atoms. The van der Waals surface area contributed by atoms with E-state index in [1.54, 1.807) is 30.9 Å². The van der Waals surface area contributed by atoms with E-state index in [9.17, 15) is 13.6 Å². The molecule has 3 aromatic heterocycles. The molecule has 1 N–H and O–H groups in total. The van der Waals surface area contributed by atoms with Gasteiger partial charge in [-0.15, -0.1) is 5.10 Å². The summed E-state index contributed by atoms with van der Waals surface area (Å²) in [5.74, 6) is -0.801. The molecule has 4 aromatic rings. The molecule has 0 saturated heterocycles. The van der Waals surface area contributed by atoms with Crippen molar-refractivity contribution in [1.29, 1.82) is 0 Å². The molecule has 0 amide bonds. The number of nitrogens with one attached hydrogen (secondary N) is 1. The number of rotatable bonds is 3. The minimum atomic E-state index is -0.670. The van der Waals surface area contributed by atoms with Crippen molar-refractivity contribution >= 4 is 0 Å². The first kappa shape index (κ1) is 19.9. The van der Waals surface area contributed by atoms with Crippen molar-refractivity contribution in [3.8, 4) is 17.1 Å². The number of fused-ring (bicyclic) bond motifs is 5. The number of nitrogens with zero attached hydrogens (tertiary/aromatic N) is 5. The van der Waals surface area contributed by atoms with E-state index in [1.165, 1.54) is 22.8 Å². The Morgan fingerprint density at radius 2 is 1.94 bits per heavy atom. The average Bonchev–Trinajstić information content (AvgIpc) is 3.40. The summed E-state index contributed by atoms with van der Waals surface area (Å²) in [6.45, 7) is 4.32. The fraction of sp³-hybridized carbons (Fsp3) is 0.292. The summed E-state index contributed by atoms with van der Waals surface area (Å²) in [7, 11) is 0. The van der Waals surface area contributed by atoms with Crippen LogP contribution in [0.3, 0.4) is 0 Å². The van der Waals surface area contributed by atoms with Gasteiger partial charge in [-0.25, -0.2) is 18.6 Å². The third kappa shape index (κ3) is 2.50. The van der Waals surface area contributed by atoms with Crippen molar-refractivity contribution in [3.05, 3.63) is 88.1 Å². The lowest BCUT2D eigenvalue weighted by Crippen LogP contribution is -2.38. The van der Waals surface area contributed by atoms with E-state index in [2.05, 4.69) is 34.0 Å². The number of benzene rings is 1. The maximum atomic E-state index is 14.4. The highest BCUT2D eigenvalue weighted by molar-refractivity contribution is 5.64. The van der Waals surface area contributed by atoms with Gasteiger partial charge < -0.3 is 4.98 Å². The van der Waals surface area contributed by atoms with Crippen molar-refractivity contribution < 1.29 is 8.78 Å². The summed E-state index contributed by atoms with van der Waals surface area (Å²) in [4.78, 5) is 23.9. The van der Waals surface area contributed by atoms with Crippen molar-refractivity contribution in [1.82, 2.24) is 29.7 Å². The standard InChI is InChI=1S/C24H20F2N6O/c1-23(2)14-6-7-24(23,18-11-27-12-19(29-18)32-9-8-28-22(32)33)21-13(14)10-17(30-31-21)20-15(25)4-3-5-16(20)26/h3-5,8-12,14H,6-7H2,1-2H3,(H,28,33)/t14-,24-/m0/s1. The lowest BCUT2D eigenvalue weighted by Gasteiger charge is -2.37. The van der Waals surface area contributed by atoms with E-state index in [-0.39, 0.29) is 28.3 Å². The van der Waals surface area contributed by atoms with Gasteiger partial charge in [0.15, 0.2) is 5.82 Å². The number of H-pyrrole nitrogens is 1. The van der Waals surface area contributed by atoms with Gasteiger partial charge in [0, 0.05) is 18.6 Å². The highest BCUT2D eigenvalue weighted by Crippen LogP contribution is 2.69. The van der Waals surface area contributed by atoms with Gasteiger partial charge in [0.2, 0.25) is 0 Å². The monoisotopic (exact) mass is 446 g/mol. The van der Waals surface area contributed by atoms with Gasteiger partial charge in [-0.1, -0.05) is 19.9 Å². The van der Waals surface area contributed by atoms with Crippen LogP contribution in [0.15, 0.2) is 53.8 Å². The molecule has 9 heteroatoms. The first-order valence-electron chi connectivity index (χ1n) is 10.8. The molecule has 6 rings (SSSR count). The van der Waals surface area contributed by atoms with Crippen LogP contribution in [0.1, 0.15) is 49.6 Å². The summed E-state index contributed by atoms with van der Waals surface area (Å²) < 4.78 is 30.2. The Labute approximate surface area is 187 Å². The summed E-state index contributed by atoms with van der Waals surface area (Å²) in [6, 6.07) is 5.53. The van der Waals surface area contributed by atoms with Crippen LogP contribution in [-0.4, -0.2) is 29.7 Å². The second kappa shape index (κ2) is 6.63. The topological polar surface area (TPSA) is 89.4 Å². The zero-order chi connectivity index (χ0) is 23.0. The van der Waals surface area contributed by atoms with Crippen molar-refractivity contribution in [2.45, 2.75) is 38.0 Å². The smallest absolute Gasteiger partial charge is 0.312 e. The van der Waals surface area contributed by atoms with E-state index in [0.717, 1.165) is 24.1 Å². The molecule has 166 valence electrons. The number of halogens is 2.